The minimum absolute atomic E-state index is 0.349. The molecule has 0 aliphatic carbocycles. The van der Waals surface area contributed by atoms with E-state index >= 15 is 0 Å². The molecule has 0 nitrogen and oxygen atoms in total. The molecule has 0 N–H and O–H groups in total. The predicted octanol–water partition coefficient (Wildman–Crippen LogP) is 9.33. The zero-order valence-corrected chi connectivity index (χ0v) is 18.9. The van der Waals surface area contributed by atoms with Crippen molar-refractivity contribution in [1.29, 1.82) is 0 Å². The minimum atomic E-state index is 0.349. The second-order valence-electron chi connectivity index (χ2n) is 8.16. The van der Waals surface area contributed by atoms with Crippen LogP contribution in [0.2, 0.25) is 0 Å². The molecule has 150 valence electrons. The average molecular weight is 369 g/mol. The predicted molar refractivity (Wildman–Crippen MR) is 122 cm³/mol. The van der Waals surface area contributed by atoms with E-state index in [1.807, 2.05) is 0 Å². The number of hydrogen-bond acceptors (Lipinski definition) is 0. The van der Waals surface area contributed by atoms with Gasteiger partial charge in [0.05, 0.1) is 0 Å². The summed E-state index contributed by atoms with van der Waals surface area (Å²) in [6.45, 7) is 7.10. The van der Waals surface area contributed by atoms with Crippen LogP contribution in [0.4, 0.5) is 0 Å². The van der Waals surface area contributed by atoms with Gasteiger partial charge in [-0.05, 0) is 51.6 Å². The van der Waals surface area contributed by atoms with Gasteiger partial charge in [-0.25, -0.2) is 0 Å². The molecule has 0 heterocycles. The van der Waals surface area contributed by atoms with Gasteiger partial charge in [0, 0.05) is 0 Å². The summed E-state index contributed by atoms with van der Waals surface area (Å²) in [7, 11) is 0.349. The molecule has 0 saturated carbocycles. The highest BCUT2D eigenvalue weighted by Gasteiger charge is 1.95. The summed E-state index contributed by atoms with van der Waals surface area (Å²) in [6.07, 6.45) is 32.1. The van der Waals surface area contributed by atoms with Crippen LogP contribution in [0.3, 0.4) is 0 Å². The number of unbranched alkanes of at least 4 members (excludes halogenated alkanes) is 16. The molecule has 0 aromatic rings. The molecule has 0 saturated heterocycles. The molecule has 0 aliphatic heterocycles. The Morgan fingerprint density at radius 1 is 0.480 bits per heavy atom. The Bertz CT molecular complexity index is 257. The van der Waals surface area contributed by atoms with Gasteiger partial charge in [0.15, 0.2) is 0 Å². The van der Waals surface area contributed by atoms with Gasteiger partial charge in [0.25, 0.3) is 0 Å². The molecule has 0 aliphatic rings. The van der Waals surface area contributed by atoms with Gasteiger partial charge in [0.2, 0.25) is 0 Å². The van der Waals surface area contributed by atoms with Crippen LogP contribution < -0.4 is 0 Å². The first-order valence-electron chi connectivity index (χ1n) is 11.6. The van der Waals surface area contributed by atoms with Crippen LogP contribution in [0.15, 0.2) is 12.2 Å². The quantitative estimate of drug-likeness (QED) is 0.114. The van der Waals surface area contributed by atoms with Crippen LogP contribution in [0.1, 0.15) is 122 Å². The van der Waals surface area contributed by atoms with E-state index in [2.05, 4.69) is 32.4 Å². The van der Waals surface area contributed by atoms with Gasteiger partial charge < -0.3 is 0 Å². The monoisotopic (exact) mass is 368 g/mol. The SMILES string of the molecule is CCCCCCCCC=CCCCCCCCCCCCCP(C)C. The lowest BCUT2D eigenvalue weighted by Gasteiger charge is -2.05. The fourth-order valence-electron chi connectivity index (χ4n) is 3.38. The Hall–Kier alpha value is 0.170. The highest BCUT2D eigenvalue weighted by molar-refractivity contribution is 7.55. The van der Waals surface area contributed by atoms with Crippen molar-refractivity contribution in [3.63, 3.8) is 0 Å². The first-order chi connectivity index (χ1) is 12.3. The summed E-state index contributed by atoms with van der Waals surface area (Å²) in [5.74, 6) is 0. The second kappa shape index (κ2) is 22.2. The summed E-state index contributed by atoms with van der Waals surface area (Å²) in [5.41, 5.74) is 0. The molecule has 1 heteroatoms. The molecule has 0 atom stereocenters. The van der Waals surface area contributed by atoms with Crippen molar-refractivity contribution in [2.45, 2.75) is 122 Å². The van der Waals surface area contributed by atoms with E-state index < -0.39 is 0 Å². The highest BCUT2D eigenvalue weighted by Crippen LogP contribution is 2.26. The molecule has 0 unspecified atom stereocenters. The van der Waals surface area contributed by atoms with Gasteiger partial charge >= 0.3 is 0 Å². The lowest BCUT2D eigenvalue weighted by molar-refractivity contribution is 0.558. The van der Waals surface area contributed by atoms with Crippen LogP contribution in [-0.2, 0) is 0 Å². The topological polar surface area (TPSA) is 0 Å². The van der Waals surface area contributed by atoms with Crippen LogP contribution in [0, 0.1) is 0 Å². The van der Waals surface area contributed by atoms with Crippen LogP contribution >= 0.6 is 7.92 Å². The molecule has 0 fully saturated rings. The molecule has 0 amide bonds. The van der Waals surface area contributed by atoms with Crippen molar-refractivity contribution in [3.8, 4) is 0 Å². The van der Waals surface area contributed by atoms with Crippen molar-refractivity contribution < 1.29 is 0 Å². The number of allylic oxidation sites excluding steroid dienone is 2. The zero-order valence-electron chi connectivity index (χ0n) is 18.0. The van der Waals surface area contributed by atoms with Gasteiger partial charge in [-0.3, -0.25) is 0 Å². The van der Waals surface area contributed by atoms with Gasteiger partial charge in [-0.15, -0.1) is 7.92 Å². The van der Waals surface area contributed by atoms with Crippen molar-refractivity contribution in [2.24, 2.45) is 0 Å². The Labute approximate surface area is 162 Å². The Morgan fingerprint density at radius 3 is 1.24 bits per heavy atom. The fraction of sp³-hybridized carbons (Fsp3) is 0.917. The molecule has 0 spiro atoms. The lowest BCUT2D eigenvalue weighted by atomic mass is 10.1. The summed E-state index contributed by atoms with van der Waals surface area (Å²) < 4.78 is 0. The van der Waals surface area contributed by atoms with Gasteiger partial charge in [0.1, 0.15) is 0 Å². The van der Waals surface area contributed by atoms with Crippen LogP contribution in [-0.4, -0.2) is 19.5 Å². The van der Waals surface area contributed by atoms with E-state index in [1.165, 1.54) is 122 Å². The number of hydrogen-bond donors (Lipinski definition) is 0. The minimum Gasteiger partial charge on any atom is -0.113 e. The Balaban J connectivity index is 3.05. The van der Waals surface area contributed by atoms with E-state index in [9.17, 15) is 0 Å². The summed E-state index contributed by atoms with van der Waals surface area (Å²) >= 11 is 0. The average Bonchev–Trinajstić information content (AvgIpc) is 2.60. The molecule has 25 heavy (non-hydrogen) atoms. The normalized spacial score (nSPS) is 11.8. The third-order valence-corrected chi connectivity index (χ3v) is 6.33. The summed E-state index contributed by atoms with van der Waals surface area (Å²) in [6, 6.07) is 0. The van der Waals surface area contributed by atoms with E-state index in [-0.39, 0.29) is 0 Å². The Morgan fingerprint density at radius 2 is 0.840 bits per heavy atom. The first-order valence-corrected chi connectivity index (χ1v) is 14.0. The van der Waals surface area contributed by atoms with Crippen molar-refractivity contribution in [3.05, 3.63) is 12.2 Å². The van der Waals surface area contributed by atoms with Gasteiger partial charge in [-0.1, -0.05) is 103 Å². The van der Waals surface area contributed by atoms with Crippen LogP contribution in [0.5, 0.6) is 0 Å². The molecule has 0 aromatic heterocycles. The van der Waals surface area contributed by atoms with Crippen molar-refractivity contribution in [1.82, 2.24) is 0 Å². The maximum absolute atomic E-state index is 2.44. The number of rotatable bonds is 20. The third-order valence-electron chi connectivity index (χ3n) is 5.12. The summed E-state index contributed by atoms with van der Waals surface area (Å²) in [5, 5.41) is 0. The first kappa shape index (κ1) is 25.2. The molecule has 0 aromatic carbocycles. The standard InChI is InChI=1S/C24H49P/c1-4-5-6-7-8-9-10-11-12-13-14-15-16-17-18-19-20-21-22-23-24-25(2)3/h11-12H,4-10,13-24H2,1-3H3. The van der Waals surface area contributed by atoms with E-state index in [0.29, 0.717) is 7.92 Å². The molecule has 0 rings (SSSR count). The van der Waals surface area contributed by atoms with Crippen LogP contribution in [0.25, 0.3) is 0 Å². The zero-order chi connectivity index (χ0) is 18.4. The molecular formula is C24H49P. The Kier molecular flexibility index (Phi) is 22.4. The van der Waals surface area contributed by atoms with Crippen molar-refractivity contribution in [2.75, 3.05) is 19.5 Å². The fourth-order valence-corrected chi connectivity index (χ4v) is 4.24. The molecular weight excluding hydrogens is 319 g/mol. The molecule has 0 radical (unpaired) electrons. The maximum atomic E-state index is 2.44. The van der Waals surface area contributed by atoms with E-state index in [4.69, 9.17) is 0 Å². The lowest BCUT2D eigenvalue weighted by Crippen LogP contribution is -1.85. The highest BCUT2D eigenvalue weighted by atomic mass is 31.1. The third kappa shape index (κ3) is 24.2. The van der Waals surface area contributed by atoms with Gasteiger partial charge in [-0.2, -0.15) is 0 Å². The largest absolute Gasteiger partial charge is 0.113 e. The van der Waals surface area contributed by atoms with E-state index in [0.717, 1.165) is 0 Å². The van der Waals surface area contributed by atoms with Crippen molar-refractivity contribution >= 4 is 7.92 Å². The second-order valence-corrected chi connectivity index (χ2v) is 10.8. The molecule has 0 bridgehead atoms. The van der Waals surface area contributed by atoms with E-state index in [1.54, 1.807) is 0 Å². The maximum Gasteiger partial charge on any atom is -0.0331 e. The smallest absolute Gasteiger partial charge is 0.0331 e. The summed E-state index contributed by atoms with van der Waals surface area (Å²) in [4.78, 5) is 0.